The molecule has 0 spiro atoms. The number of aliphatic hydroxyl groups is 1. The van der Waals surface area contributed by atoms with Crippen LogP contribution in [0.3, 0.4) is 0 Å². The highest BCUT2D eigenvalue weighted by molar-refractivity contribution is 7.13. The predicted molar refractivity (Wildman–Crippen MR) is 105 cm³/mol. The zero-order chi connectivity index (χ0) is 18.5. The van der Waals surface area contributed by atoms with Crippen molar-refractivity contribution in [2.24, 2.45) is 11.8 Å². The number of aliphatic hydroxyl groups excluding tert-OH is 1. The molecule has 0 amide bonds. The Balaban J connectivity index is 1.61. The highest BCUT2D eigenvalue weighted by atomic mass is 35.5. The average molecular weight is 389 g/mol. The topological polar surface area (TPSA) is 57.5 Å². The lowest BCUT2D eigenvalue weighted by Crippen LogP contribution is -2.19. The highest BCUT2D eigenvalue weighted by Gasteiger charge is 2.40. The Morgan fingerprint density at radius 3 is 2.69 bits per heavy atom. The number of hydrogen-bond acceptors (Lipinski definition) is 3. The second-order valence-electron chi connectivity index (χ2n) is 6.61. The summed E-state index contributed by atoms with van der Waals surface area (Å²) in [5.74, 6) is 5.56. The van der Waals surface area contributed by atoms with Crippen molar-refractivity contribution in [3.05, 3.63) is 57.8 Å². The number of aryl methyl sites for hydroxylation is 1. The summed E-state index contributed by atoms with van der Waals surface area (Å²) in [6, 6.07) is 13.3. The van der Waals surface area contributed by atoms with E-state index in [9.17, 15) is 9.90 Å². The summed E-state index contributed by atoms with van der Waals surface area (Å²) in [5.41, 5.74) is 0.941. The maximum Gasteiger partial charge on any atom is 0.345 e. The van der Waals surface area contributed by atoms with Gasteiger partial charge in [0.25, 0.3) is 0 Å². The van der Waals surface area contributed by atoms with Crippen LogP contribution >= 0.6 is 22.9 Å². The summed E-state index contributed by atoms with van der Waals surface area (Å²) in [4.78, 5) is 12.4. The third-order valence-corrected chi connectivity index (χ3v) is 6.43. The van der Waals surface area contributed by atoms with Crippen LogP contribution in [0.2, 0.25) is 0 Å². The van der Waals surface area contributed by atoms with Crippen molar-refractivity contribution < 1.29 is 15.0 Å². The molecule has 5 heteroatoms. The lowest BCUT2D eigenvalue weighted by molar-refractivity contribution is 0.0702. The Morgan fingerprint density at radius 2 is 2.00 bits per heavy atom. The van der Waals surface area contributed by atoms with Crippen molar-refractivity contribution in [2.45, 2.75) is 37.2 Å². The van der Waals surface area contributed by atoms with Gasteiger partial charge in [0.2, 0.25) is 0 Å². The van der Waals surface area contributed by atoms with Crippen LogP contribution in [-0.2, 0) is 6.42 Å². The van der Waals surface area contributed by atoms with E-state index in [1.807, 2.05) is 36.4 Å². The van der Waals surface area contributed by atoms with Crippen LogP contribution in [0.5, 0.6) is 0 Å². The number of thiophene rings is 1. The molecule has 26 heavy (non-hydrogen) atoms. The van der Waals surface area contributed by atoms with Crippen molar-refractivity contribution >= 4 is 28.9 Å². The van der Waals surface area contributed by atoms with E-state index >= 15 is 0 Å². The first-order chi connectivity index (χ1) is 12.5. The molecule has 0 bridgehead atoms. The van der Waals surface area contributed by atoms with Crippen molar-refractivity contribution in [2.75, 3.05) is 0 Å². The maximum atomic E-state index is 11.0. The molecule has 3 nitrogen and oxygen atoms in total. The van der Waals surface area contributed by atoms with Gasteiger partial charge in [0.05, 0.1) is 12.0 Å². The second kappa shape index (κ2) is 8.73. The molecule has 1 heterocycles. The van der Waals surface area contributed by atoms with Gasteiger partial charge in [0.1, 0.15) is 4.88 Å². The SMILES string of the molecule is O=C(O)c1ccc(CCC[C@@H]2[C@@H](C#Cc3ccccc3)[C@H](O)C[C@H]2Cl)s1. The van der Waals surface area contributed by atoms with Gasteiger partial charge in [-0.05, 0) is 55.9 Å². The number of hydrogen-bond donors (Lipinski definition) is 2. The minimum Gasteiger partial charge on any atom is -0.477 e. The van der Waals surface area contributed by atoms with Gasteiger partial charge in [-0.1, -0.05) is 30.0 Å². The first-order valence-electron chi connectivity index (χ1n) is 8.75. The fraction of sp³-hybridized carbons (Fsp3) is 0.381. The van der Waals surface area contributed by atoms with E-state index in [0.717, 1.165) is 29.7 Å². The quantitative estimate of drug-likeness (QED) is 0.588. The first-order valence-corrected chi connectivity index (χ1v) is 10.0. The third-order valence-electron chi connectivity index (χ3n) is 4.80. The number of rotatable bonds is 5. The Labute approximate surface area is 162 Å². The van der Waals surface area contributed by atoms with Crippen LogP contribution in [0.15, 0.2) is 42.5 Å². The van der Waals surface area contributed by atoms with Gasteiger partial charge in [-0.2, -0.15) is 0 Å². The van der Waals surface area contributed by atoms with E-state index < -0.39 is 12.1 Å². The fourth-order valence-corrected chi connectivity index (χ4v) is 4.81. The van der Waals surface area contributed by atoms with Crippen molar-refractivity contribution in [3.8, 4) is 11.8 Å². The highest BCUT2D eigenvalue weighted by Crippen LogP contribution is 2.39. The van der Waals surface area contributed by atoms with Gasteiger partial charge in [0.15, 0.2) is 0 Å². The zero-order valence-corrected chi connectivity index (χ0v) is 15.8. The van der Waals surface area contributed by atoms with Crippen LogP contribution in [0, 0.1) is 23.7 Å². The fourth-order valence-electron chi connectivity index (χ4n) is 3.45. The molecule has 1 aromatic heterocycles. The molecule has 1 aromatic carbocycles. The number of aromatic carboxylic acids is 1. The number of benzene rings is 1. The minimum atomic E-state index is -0.878. The van der Waals surface area contributed by atoms with Crippen molar-refractivity contribution in [1.29, 1.82) is 0 Å². The maximum absolute atomic E-state index is 11.0. The zero-order valence-electron chi connectivity index (χ0n) is 14.3. The molecule has 136 valence electrons. The summed E-state index contributed by atoms with van der Waals surface area (Å²) in [7, 11) is 0. The molecule has 1 aliphatic carbocycles. The van der Waals surface area contributed by atoms with Crippen LogP contribution in [0.25, 0.3) is 0 Å². The first kappa shape index (κ1) is 19.0. The smallest absolute Gasteiger partial charge is 0.345 e. The van der Waals surface area contributed by atoms with Gasteiger partial charge in [0, 0.05) is 15.8 Å². The molecular weight excluding hydrogens is 368 g/mol. The molecule has 1 fully saturated rings. The number of halogens is 1. The van der Waals surface area contributed by atoms with E-state index in [0.29, 0.717) is 11.3 Å². The summed E-state index contributed by atoms with van der Waals surface area (Å²) in [6.07, 6.45) is 2.69. The van der Waals surface area contributed by atoms with Crippen LogP contribution in [0.1, 0.15) is 39.4 Å². The molecule has 0 aliphatic heterocycles. The third kappa shape index (κ3) is 4.67. The number of carboxylic acid groups (broad SMARTS) is 1. The molecule has 0 unspecified atom stereocenters. The largest absolute Gasteiger partial charge is 0.477 e. The monoisotopic (exact) mass is 388 g/mol. The normalized spacial score (nSPS) is 24.8. The Morgan fingerprint density at radius 1 is 1.23 bits per heavy atom. The Kier molecular flexibility index (Phi) is 6.37. The molecule has 4 atom stereocenters. The summed E-state index contributed by atoms with van der Waals surface area (Å²) in [6.45, 7) is 0. The molecule has 1 aliphatic rings. The second-order valence-corrected chi connectivity index (χ2v) is 8.34. The van der Waals surface area contributed by atoms with Gasteiger partial charge in [-0.15, -0.1) is 22.9 Å². The standard InChI is InChI=1S/C21H21ClO3S/c22-18-13-19(23)17(11-9-14-5-2-1-3-6-14)16(18)8-4-7-15-10-12-20(26-15)21(24)25/h1-3,5-6,10,12,16-19,23H,4,7-8,13H2,(H,24,25)/t16-,17-,18-,19-/m1/s1. The van der Waals surface area contributed by atoms with Crippen LogP contribution in [-0.4, -0.2) is 27.7 Å². The van der Waals surface area contributed by atoms with E-state index in [1.165, 1.54) is 11.3 Å². The number of alkyl halides is 1. The summed E-state index contributed by atoms with van der Waals surface area (Å²) in [5, 5.41) is 19.3. The lowest BCUT2D eigenvalue weighted by atomic mass is 9.90. The molecular formula is C21H21ClO3S. The summed E-state index contributed by atoms with van der Waals surface area (Å²) >= 11 is 7.80. The van der Waals surface area contributed by atoms with Crippen LogP contribution < -0.4 is 0 Å². The van der Waals surface area contributed by atoms with Gasteiger partial charge >= 0.3 is 5.97 Å². The average Bonchev–Trinajstić information content (AvgIpc) is 3.19. The molecule has 0 radical (unpaired) electrons. The molecule has 1 saturated carbocycles. The Bertz CT molecular complexity index is 805. The lowest BCUT2D eigenvalue weighted by Gasteiger charge is -2.18. The minimum absolute atomic E-state index is 0.0713. The van der Waals surface area contributed by atoms with E-state index in [1.54, 1.807) is 6.07 Å². The molecule has 0 saturated heterocycles. The predicted octanol–water partition coefficient (Wildman–Crippen LogP) is 4.43. The van der Waals surface area contributed by atoms with Crippen molar-refractivity contribution in [3.63, 3.8) is 0 Å². The van der Waals surface area contributed by atoms with E-state index in [4.69, 9.17) is 16.7 Å². The van der Waals surface area contributed by atoms with Gasteiger partial charge in [-0.3, -0.25) is 0 Å². The molecule has 2 N–H and O–H groups in total. The van der Waals surface area contributed by atoms with Gasteiger partial charge in [-0.25, -0.2) is 4.79 Å². The number of carboxylic acids is 1. The van der Waals surface area contributed by atoms with Crippen molar-refractivity contribution in [1.82, 2.24) is 0 Å². The van der Waals surface area contributed by atoms with Crippen LogP contribution in [0.4, 0.5) is 0 Å². The number of carbonyl (C=O) groups is 1. The summed E-state index contributed by atoms with van der Waals surface area (Å²) < 4.78 is 0. The molecule has 3 rings (SSSR count). The Hall–Kier alpha value is -1.80. The van der Waals surface area contributed by atoms with E-state index in [-0.39, 0.29) is 17.2 Å². The van der Waals surface area contributed by atoms with E-state index in [2.05, 4.69) is 11.8 Å². The van der Waals surface area contributed by atoms with Gasteiger partial charge < -0.3 is 10.2 Å². The molecule has 2 aromatic rings.